The summed E-state index contributed by atoms with van der Waals surface area (Å²) < 4.78 is 6.17. The van der Waals surface area contributed by atoms with Gasteiger partial charge in [-0.1, -0.05) is 48.5 Å². The van der Waals surface area contributed by atoms with Crippen molar-refractivity contribution >= 4 is 11.8 Å². The molecule has 7 rings (SSSR count). The topological polar surface area (TPSA) is 9.23 Å². The van der Waals surface area contributed by atoms with Gasteiger partial charge in [-0.25, -0.2) is 0 Å². The third-order valence-corrected chi connectivity index (χ3v) is 8.21. The second-order valence-electron chi connectivity index (χ2n) is 7.42. The first-order valence-electron chi connectivity index (χ1n) is 8.21. The van der Waals surface area contributed by atoms with Crippen molar-refractivity contribution in [1.82, 2.24) is 0 Å². The molecule has 0 unspecified atom stereocenters. The van der Waals surface area contributed by atoms with E-state index in [9.17, 15) is 0 Å². The molecule has 3 aliphatic carbocycles. The molecule has 2 aliphatic heterocycles. The molecule has 1 nitrogen and oxygen atoms in total. The average Bonchev–Trinajstić information content (AvgIpc) is 3.11. The Labute approximate surface area is 135 Å². The minimum atomic E-state index is 0.324. The van der Waals surface area contributed by atoms with E-state index >= 15 is 0 Å². The van der Waals surface area contributed by atoms with Gasteiger partial charge in [-0.2, -0.15) is 11.8 Å². The van der Waals surface area contributed by atoms with Crippen molar-refractivity contribution in [1.29, 1.82) is 0 Å². The molecule has 0 N–H and O–H groups in total. The van der Waals surface area contributed by atoms with Gasteiger partial charge in [0.05, 0.1) is 13.2 Å². The molecule has 0 aromatic heterocycles. The van der Waals surface area contributed by atoms with Gasteiger partial charge in [0.1, 0.15) is 0 Å². The maximum atomic E-state index is 6.17. The van der Waals surface area contributed by atoms with Gasteiger partial charge in [0, 0.05) is 34.2 Å². The number of ether oxygens (including phenoxy) is 1. The molecule has 2 atom stereocenters. The van der Waals surface area contributed by atoms with E-state index in [1.165, 1.54) is 11.5 Å². The fraction of sp³-hybridized carbons (Fsp3) is 0.400. The van der Waals surface area contributed by atoms with Gasteiger partial charge in [-0.15, -0.1) is 0 Å². The first kappa shape index (κ1) is 12.2. The molecule has 5 aliphatic rings. The van der Waals surface area contributed by atoms with Gasteiger partial charge in [0.15, 0.2) is 0 Å². The van der Waals surface area contributed by atoms with E-state index < -0.39 is 0 Å². The van der Waals surface area contributed by atoms with Gasteiger partial charge in [-0.05, 0) is 22.3 Å². The van der Waals surface area contributed by atoms with Crippen LogP contribution in [0.3, 0.4) is 0 Å². The van der Waals surface area contributed by atoms with Gasteiger partial charge < -0.3 is 4.74 Å². The molecule has 0 radical (unpaired) electrons. The zero-order valence-corrected chi connectivity index (χ0v) is 13.2. The Morgan fingerprint density at radius 3 is 1.55 bits per heavy atom. The van der Waals surface area contributed by atoms with Crippen molar-refractivity contribution in [2.75, 3.05) is 24.7 Å². The van der Waals surface area contributed by atoms with Crippen molar-refractivity contribution in [3.05, 3.63) is 70.8 Å². The van der Waals surface area contributed by atoms with Crippen LogP contribution in [0.4, 0.5) is 0 Å². The maximum absolute atomic E-state index is 6.17. The molecule has 2 heteroatoms. The summed E-state index contributed by atoms with van der Waals surface area (Å²) in [6.45, 7) is 1.90. The van der Waals surface area contributed by atoms with E-state index in [0.717, 1.165) is 13.2 Å². The van der Waals surface area contributed by atoms with E-state index in [0.29, 0.717) is 22.7 Å². The monoisotopic (exact) mass is 306 g/mol. The number of thioether (sulfide) groups is 1. The van der Waals surface area contributed by atoms with Crippen LogP contribution < -0.4 is 0 Å². The normalized spacial score (nSPS) is 40.0. The first-order chi connectivity index (χ1) is 10.9. The zero-order valence-electron chi connectivity index (χ0n) is 12.4. The third-order valence-electron chi connectivity index (χ3n) is 6.77. The van der Waals surface area contributed by atoms with E-state index in [1.807, 2.05) is 0 Å². The summed E-state index contributed by atoms with van der Waals surface area (Å²) in [6.07, 6.45) is 0. The van der Waals surface area contributed by atoms with Crippen LogP contribution in [0.1, 0.15) is 34.1 Å². The second kappa shape index (κ2) is 3.80. The molecule has 2 heterocycles. The van der Waals surface area contributed by atoms with Crippen LogP contribution in [0.5, 0.6) is 0 Å². The molecule has 0 amide bonds. The number of benzene rings is 2. The van der Waals surface area contributed by atoms with Crippen LogP contribution in [0, 0.1) is 10.8 Å². The lowest BCUT2D eigenvalue weighted by Crippen LogP contribution is -2.55. The standard InChI is InChI=1S/C20H18OS/c1-2-6-14-13(5-1)17-15-7-3-4-8-16(15)18(14)20-10-21-9-19(17,20)11-22-12-20/h1-8,17-18H,9-12H2/t17?,18?,19-,20-/m1/s1. The molecule has 0 saturated carbocycles. The van der Waals surface area contributed by atoms with E-state index in [2.05, 4.69) is 60.3 Å². The molecular formula is C20H18OS. The van der Waals surface area contributed by atoms with E-state index in [-0.39, 0.29) is 0 Å². The molecule has 2 aromatic carbocycles. The zero-order chi connectivity index (χ0) is 14.4. The molecule has 0 spiro atoms. The van der Waals surface area contributed by atoms with Gasteiger partial charge in [0.2, 0.25) is 0 Å². The highest BCUT2D eigenvalue weighted by atomic mass is 32.2. The minimum Gasteiger partial charge on any atom is -0.380 e. The van der Waals surface area contributed by atoms with Gasteiger partial charge in [0.25, 0.3) is 0 Å². The van der Waals surface area contributed by atoms with Crippen LogP contribution >= 0.6 is 11.8 Å². The summed E-state index contributed by atoms with van der Waals surface area (Å²) in [6, 6.07) is 18.4. The molecule has 2 saturated heterocycles. The van der Waals surface area contributed by atoms with Crippen molar-refractivity contribution in [2.24, 2.45) is 10.8 Å². The SMILES string of the molecule is c1ccc2c(c1)C1c3ccccc3C2[C@]23COC[C@@]12CSC3. The van der Waals surface area contributed by atoms with Crippen LogP contribution in [0.25, 0.3) is 0 Å². The Kier molecular flexibility index (Phi) is 2.11. The Morgan fingerprint density at radius 2 is 1.14 bits per heavy atom. The molecule has 22 heavy (non-hydrogen) atoms. The number of hydrogen-bond donors (Lipinski definition) is 0. The molecular weight excluding hydrogens is 288 g/mol. The Bertz CT molecular complexity index is 674. The highest BCUT2D eigenvalue weighted by molar-refractivity contribution is 7.99. The lowest BCUT2D eigenvalue weighted by atomic mass is 9.42. The van der Waals surface area contributed by atoms with Crippen LogP contribution in [0.2, 0.25) is 0 Å². The van der Waals surface area contributed by atoms with Gasteiger partial charge >= 0.3 is 0 Å². The average molecular weight is 306 g/mol. The predicted octanol–water partition coefficient (Wildman–Crippen LogP) is 4.03. The fourth-order valence-electron chi connectivity index (χ4n) is 6.00. The molecule has 2 bridgehead atoms. The largest absolute Gasteiger partial charge is 0.380 e. The first-order valence-corrected chi connectivity index (χ1v) is 9.36. The second-order valence-corrected chi connectivity index (χ2v) is 8.41. The van der Waals surface area contributed by atoms with Crippen LogP contribution in [-0.2, 0) is 4.74 Å². The Balaban J connectivity index is 1.78. The molecule has 2 fully saturated rings. The van der Waals surface area contributed by atoms with Gasteiger partial charge in [-0.3, -0.25) is 0 Å². The van der Waals surface area contributed by atoms with Crippen LogP contribution in [-0.4, -0.2) is 24.7 Å². The summed E-state index contributed by atoms with van der Waals surface area (Å²) in [5.74, 6) is 3.58. The van der Waals surface area contributed by atoms with Crippen molar-refractivity contribution in [3.63, 3.8) is 0 Å². The summed E-state index contributed by atoms with van der Waals surface area (Å²) in [7, 11) is 0. The summed E-state index contributed by atoms with van der Waals surface area (Å²) >= 11 is 2.16. The molecule has 2 aromatic rings. The van der Waals surface area contributed by atoms with Crippen LogP contribution in [0.15, 0.2) is 48.5 Å². The summed E-state index contributed by atoms with van der Waals surface area (Å²) in [4.78, 5) is 0. The lowest BCUT2D eigenvalue weighted by molar-refractivity contribution is 0.0839. The quantitative estimate of drug-likeness (QED) is 0.727. The van der Waals surface area contributed by atoms with Crippen molar-refractivity contribution < 1.29 is 4.74 Å². The summed E-state index contributed by atoms with van der Waals surface area (Å²) in [5.41, 5.74) is 6.96. The highest BCUT2D eigenvalue weighted by Crippen LogP contribution is 2.75. The maximum Gasteiger partial charge on any atom is 0.0546 e. The molecule has 110 valence electrons. The summed E-state index contributed by atoms with van der Waals surface area (Å²) in [5, 5.41) is 0. The number of hydrogen-bond acceptors (Lipinski definition) is 2. The smallest absolute Gasteiger partial charge is 0.0546 e. The predicted molar refractivity (Wildman–Crippen MR) is 89.6 cm³/mol. The van der Waals surface area contributed by atoms with Crippen molar-refractivity contribution in [3.8, 4) is 0 Å². The van der Waals surface area contributed by atoms with E-state index in [1.54, 1.807) is 22.3 Å². The Morgan fingerprint density at radius 1 is 0.727 bits per heavy atom. The van der Waals surface area contributed by atoms with Crippen molar-refractivity contribution in [2.45, 2.75) is 11.8 Å². The highest BCUT2D eigenvalue weighted by Gasteiger charge is 2.71. The fourth-order valence-corrected chi connectivity index (χ4v) is 7.90. The number of rotatable bonds is 0. The minimum absolute atomic E-state index is 0.324. The third kappa shape index (κ3) is 1.09. The Hall–Kier alpha value is -1.25. The lowest BCUT2D eigenvalue weighted by Gasteiger charge is -2.58. The van der Waals surface area contributed by atoms with E-state index in [4.69, 9.17) is 4.74 Å².